The summed E-state index contributed by atoms with van der Waals surface area (Å²) in [4.78, 5) is 58.7. The van der Waals surface area contributed by atoms with Crippen molar-refractivity contribution in [3.8, 4) is 0 Å². The highest BCUT2D eigenvalue weighted by molar-refractivity contribution is 7.47. The van der Waals surface area contributed by atoms with Gasteiger partial charge in [0.1, 0.15) is 25.4 Å². The van der Waals surface area contributed by atoms with Crippen LogP contribution in [0, 0.1) is 0 Å². The zero-order chi connectivity index (χ0) is 73.7. The van der Waals surface area contributed by atoms with E-state index >= 15 is 0 Å². The Morgan fingerprint density at radius 1 is 0.287 bits per heavy atom. The van der Waals surface area contributed by atoms with Gasteiger partial charge in [0, 0.05) is 19.3 Å². The van der Waals surface area contributed by atoms with Crippen molar-refractivity contribution in [1.82, 2.24) is 0 Å². The van der Waals surface area contributed by atoms with E-state index in [4.69, 9.17) is 32.3 Å². The molecule has 0 aromatic carbocycles. The fraction of sp³-hybridized carbons (Fsp3) is 0.699. The Balaban J connectivity index is 4.61. The maximum absolute atomic E-state index is 13.0. The number of rotatable bonds is 74. The van der Waals surface area contributed by atoms with Gasteiger partial charge in [0.25, 0.3) is 0 Å². The van der Waals surface area contributed by atoms with Gasteiger partial charge in [0.15, 0.2) is 6.10 Å². The molecule has 5 unspecified atom stereocenters. The number of allylic oxidation sites excluding steroid dienone is 22. The Hall–Kier alpha value is -4.31. The highest BCUT2D eigenvalue weighted by atomic mass is 31.2. The van der Waals surface area contributed by atoms with Crippen LogP contribution in [-0.2, 0) is 55.8 Å². The first-order valence-corrected chi connectivity index (χ1v) is 42.5. The zero-order valence-electron chi connectivity index (χ0n) is 63.3. The van der Waals surface area contributed by atoms with Crippen molar-refractivity contribution in [2.75, 3.05) is 39.6 Å². The van der Waals surface area contributed by atoms with E-state index < -0.39 is 91.5 Å². The predicted octanol–water partition coefficient (Wildman–Crippen LogP) is 23.1. The Morgan fingerprint density at radius 3 is 0.842 bits per heavy atom. The molecule has 18 heteroatoms. The number of unbranched alkanes of at least 4 members (excludes halogenated alkanes) is 29. The number of carbonyl (C=O) groups excluding carboxylic acids is 3. The molecule has 0 heterocycles. The van der Waals surface area contributed by atoms with Crippen LogP contribution in [0.25, 0.3) is 0 Å². The molecule has 0 spiro atoms. The molecule has 0 aliphatic rings. The van der Waals surface area contributed by atoms with E-state index in [1.165, 1.54) is 89.9 Å². The molecule has 0 saturated carbocycles. The van der Waals surface area contributed by atoms with E-state index in [1.54, 1.807) is 0 Å². The summed E-state index contributed by atoms with van der Waals surface area (Å²) in [6.07, 6.45) is 90.6. The van der Waals surface area contributed by atoms with Crippen LogP contribution in [0.2, 0.25) is 0 Å². The molecule has 4 N–H and O–H groups in total. The molecule has 0 fully saturated rings. The van der Waals surface area contributed by atoms with Gasteiger partial charge >= 0.3 is 33.6 Å². The van der Waals surface area contributed by atoms with Crippen molar-refractivity contribution >= 4 is 33.6 Å². The summed E-state index contributed by atoms with van der Waals surface area (Å²) in [7, 11) is -9.80. The lowest BCUT2D eigenvalue weighted by molar-refractivity contribution is -0.161. The number of aliphatic hydroxyl groups excluding tert-OH is 2. The summed E-state index contributed by atoms with van der Waals surface area (Å²) in [5.74, 6) is -1.59. The van der Waals surface area contributed by atoms with Crippen LogP contribution < -0.4 is 0 Å². The molecular formula is C83H142O16P2. The van der Waals surface area contributed by atoms with Crippen molar-refractivity contribution < 1.29 is 75.8 Å². The summed E-state index contributed by atoms with van der Waals surface area (Å²) < 4.78 is 61.2. The minimum atomic E-state index is -4.94. The number of hydrogen-bond donors (Lipinski definition) is 4. The molecule has 0 saturated heterocycles. The third-order valence-electron chi connectivity index (χ3n) is 16.3. The summed E-state index contributed by atoms with van der Waals surface area (Å²) in [6.45, 7) is 2.44. The first-order valence-electron chi connectivity index (χ1n) is 39.5. The van der Waals surface area contributed by atoms with Gasteiger partial charge in [-0.1, -0.05) is 296 Å². The zero-order valence-corrected chi connectivity index (χ0v) is 65.1. The Labute approximate surface area is 614 Å². The van der Waals surface area contributed by atoms with Crippen molar-refractivity contribution in [3.63, 3.8) is 0 Å². The van der Waals surface area contributed by atoms with Gasteiger partial charge in [-0.15, -0.1) is 0 Å². The molecule has 0 aromatic rings. The Kier molecular flexibility index (Phi) is 72.2. The smallest absolute Gasteiger partial charge is 0.463 e. The van der Waals surface area contributed by atoms with Crippen LogP contribution in [0.5, 0.6) is 0 Å². The second-order valence-corrected chi connectivity index (χ2v) is 29.0. The van der Waals surface area contributed by atoms with Gasteiger partial charge in [-0.2, -0.15) is 0 Å². The third-order valence-corrected chi connectivity index (χ3v) is 18.2. The predicted molar refractivity (Wildman–Crippen MR) is 417 cm³/mol. The molecule has 0 aliphatic heterocycles. The van der Waals surface area contributed by atoms with Crippen LogP contribution in [0.4, 0.5) is 0 Å². The van der Waals surface area contributed by atoms with Gasteiger partial charge in [0.05, 0.1) is 26.4 Å². The number of esters is 3. The average Bonchev–Trinajstić information content (AvgIpc) is 1.19. The maximum atomic E-state index is 13.0. The molecule has 0 aromatic heterocycles. The fourth-order valence-corrected chi connectivity index (χ4v) is 12.0. The normalized spacial score (nSPS) is 14.7. The van der Waals surface area contributed by atoms with E-state index in [0.717, 1.165) is 167 Å². The fourth-order valence-electron chi connectivity index (χ4n) is 10.4. The third kappa shape index (κ3) is 76.6. The van der Waals surface area contributed by atoms with E-state index in [-0.39, 0.29) is 19.3 Å². The maximum Gasteiger partial charge on any atom is 0.472 e. The molecule has 101 heavy (non-hydrogen) atoms. The molecule has 5 atom stereocenters. The van der Waals surface area contributed by atoms with Gasteiger partial charge in [-0.25, -0.2) is 9.13 Å². The monoisotopic (exact) mass is 1460 g/mol. The van der Waals surface area contributed by atoms with Gasteiger partial charge in [-0.3, -0.25) is 32.5 Å². The van der Waals surface area contributed by atoms with Crippen molar-refractivity contribution in [3.05, 3.63) is 134 Å². The van der Waals surface area contributed by atoms with Crippen molar-refractivity contribution in [1.29, 1.82) is 0 Å². The summed E-state index contributed by atoms with van der Waals surface area (Å²) in [5, 5.41) is 20.6. The average molecular weight is 1460 g/mol. The SMILES string of the molecule is CC/C=C\C/C=C\C/C=C\C/C=C\C/C=C\CCCCCCCCCCCC(=O)OCC(O)COP(=O)(O)OCC(O)COP(=O)(O)OCC(COC(=O)CCCCCCCCCCC/C=C\C/C=C\C/C=C\C/C=C\C/C=C\CC)OC(=O)CCCCCCC/C=C\CCCCCCCC. The summed E-state index contributed by atoms with van der Waals surface area (Å²) >= 11 is 0. The number of carbonyl (C=O) groups is 3. The second-order valence-electron chi connectivity index (χ2n) is 26.1. The lowest BCUT2D eigenvalue weighted by Gasteiger charge is -2.21. The molecule has 0 amide bonds. The standard InChI is InChI=1S/C83H142O16P2/c1-4-7-10-13-16-19-22-25-28-30-32-34-36-38-40-42-44-46-49-51-54-57-60-63-66-69-81(86)93-72-78(84)73-95-100(89,90)96-74-79(85)75-97-101(91,92)98-77-80(99-83(88)71-68-65-62-59-56-53-48-27-24-21-18-15-12-9-6-3)76-94-82(87)70-67-64-61-58-55-52-50-47-45-43-41-39-37-35-33-31-29-26-23-20-17-14-11-8-5-2/h7-8,10-11,16-17,19-20,25-29,32-35,38-41,48,78-80,84-85H,4-6,9,12-15,18,21-24,30-31,36-37,42-47,49-77H2,1-3H3,(H,89,90)(H,91,92)/b10-7-,11-8-,19-16-,20-17-,28-25-,29-26-,34-32-,35-33-,40-38-,41-39-,48-27-. The lowest BCUT2D eigenvalue weighted by Crippen LogP contribution is -2.30. The molecule has 0 aliphatic carbocycles. The molecule has 580 valence electrons. The Bertz CT molecular complexity index is 2370. The van der Waals surface area contributed by atoms with Crippen molar-refractivity contribution in [2.45, 2.75) is 334 Å². The number of phosphoric ester groups is 2. The number of ether oxygens (including phenoxy) is 3. The van der Waals surface area contributed by atoms with Gasteiger partial charge < -0.3 is 34.2 Å². The number of aliphatic hydroxyl groups is 2. The van der Waals surface area contributed by atoms with E-state index in [2.05, 4.69) is 154 Å². The number of hydrogen-bond acceptors (Lipinski definition) is 14. The van der Waals surface area contributed by atoms with Gasteiger partial charge in [0.2, 0.25) is 0 Å². The highest BCUT2D eigenvalue weighted by Gasteiger charge is 2.29. The highest BCUT2D eigenvalue weighted by Crippen LogP contribution is 2.45. The molecule has 0 rings (SSSR count). The quantitative estimate of drug-likeness (QED) is 0.0146. The first kappa shape index (κ1) is 96.7. The minimum Gasteiger partial charge on any atom is -0.463 e. The van der Waals surface area contributed by atoms with Crippen LogP contribution in [0.15, 0.2) is 134 Å². The number of phosphoric acid groups is 2. The topological polar surface area (TPSA) is 231 Å². The second kappa shape index (κ2) is 75.4. The summed E-state index contributed by atoms with van der Waals surface area (Å²) in [5.41, 5.74) is 0. The lowest BCUT2D eigenvalue weighted by atomic mass is 10.1. The minimum absolute atomic E-state index is 0.0913. The summed E-state index contributed by atoms with van der Waals surface area (Å²) in [6, 6.07) is 0. The van der Waals surface area contributed by atoms with Crippen molar-refractivity contribution in [2.24, 2.45) is 0 Å². The van der Waals surface area contributed by atoms with E-state index in [0.29, 0.717) is 19.3 Å². The van der Waals surface area contributed by atoms with Crippen LogP contribution in [0.3, 0.4) is 0 Å². The van der Waals surface area contributed by atoms with Gasteiger partial charge in [-0.05, 0) is 135 Å². The first-order chi connectivity index (χ1) is 49.2. The molecule has 0 radical (unpaired) electrons. The van der Waals surface area contributed by atoms with E-state index in [1.807, 2.05) is 0 Å². The Morgan fingerprint density at radius 2 is 0.525 bits per heavy atom. The van der Waals surface area contributed by atoms with Crippen LogP contribution >= 0.6 is 15.6 Å². The molecule has 16 nitrogen and oxygen atoms in total. The molecule has 0 bridgehead atoms. The van der Waals surface area contributed by atoms with E-state index in [9.17, 15) is 43.5 Å². The molecular weight excluding hydrogens is 1310 g/mol. The van der Waals surface area contributed by atoms with Crippen LogP contribution in [0.1, 0.15) is 316 Å². The van der Waals surface area contributed by atoms with Crippen LogP contribution in [-0.4, -0.2) is 95.9 Å². The largest absolute Gasteiger partial charge is 0.472 e.